The normalized spacial score (nSPS) is 10.3. The van der Waals surface area contributed by atoms with Gasteiger partial charge >= 0.3 is 0 Å². The minimum absolute atomic E-state index is 0.126. The van der Waals surface area contributed by atoms with Crippen LogP contribution in [0, 0.1) is 5.41 Å². The van der Waals surface area contributed by atoms with Crippen LogP contribution in [0.3, 0.4) is 0 Å². The molecule has 2 amide bonds. The SMILES string of the molecule is N=C(c1cccc(NC(=O)Cc2ccccn2)c1)c1cc(C(N)=O)ccc1N. The number of nitrogens with zero attached hydrogens (tertiary/aromatic N) is 1. The number of primary amides is 1. The van der Waals surface area contributed by atoms with Crippen LogP contribution in [0.15, 0.2) is 66.9 Å². The Labute approximate surface area is 161 Å². The van der Waals surface area contributed by atoms with Crippen molar-refractivity contribution in [3.05, 3.63) is 89.2 Å². The number of nitrogens with two attached hydrogens (primary N) is 2. The van der Waals surface area contributed by atoms with Gasteiger partial charge in [0.2, 0.25) is 11.8 Å². The van der Waals surface area contributed by atoms with Gasteiger partial charge in [-0.3, -0.25) is 20.0 Å². The summed E-state index contributed by atoms with van der Waals surface area (Å²) in [4.78, 5) is 27.8. The van der Waals surface area contributed by atoms with E-state index in [9.17, 15) is 9.59 Å². The van der Waals surface area contributed by atoms with Crippen LogP contribution in [-0.4, -0.2) is 22.5 Å². The highest BCUT2D eigenvalue weighted by molar-refractivity contribution is 6.15. The Balaban J connectivity index is 1.79. The molecular weight excluding hydrogens is 354 g/mol. The molecular formula is C21H19N5O2. The first-order valence-electron chi connectivity index (χ1n) is 8.52. The molecule has 0 atom stereocenters. The number of carbonyl (C=O) groups is 2. The number of nitrogens with one attached hydrogen (secondary N) is 2. The predicted molar refractivity (Wildman–Crippen MR) is 108 cm³/mol. The summed E-state index contributed by atoms with van der Waals surface area (Å²) in [5.74, 6) is -0.804. The van der Waals surface area contributed by atoms with E-state index in [0.717, 1.165) is 0 Å². The van der Waals surface area contributed by atoms with Crippen LogP contribution in [0.5, 0.6) is 0 Å². The van der Waals surface area contributed by atoms with E-state index in [1.165, 1.54) is 12.1 Å². The molecule has 6 N–H and O–H groups in total. The van der Waals surface area contributed by atoms with Crippen molar-refractivity contribution in [2.75, 3.05) is 11.1 Å². The third-order valence-electron chi connectivity index (χ3n) is 4.11. The van der Waals surface area contributed by atoms with Gasteiger partial charge < -0.3 is 16.8 Å². The zero-order valence-corrected chi connectivity index (χ0v) is 15.0. The van der Waals surface area contributed by atoms with E-state index in [4.69, 9.17) is 16.9 Å². The molecule has 2 aromatic carbocycles. The maximum atomic E-state index is 12.2. The summed E-state index contributed by atoms with van der Waals surface area (Å²) in [6, 6.07) is 16.8. The van der Waals surface area contributed by atoms with Crippen molar-refractivity contribution < 1.29 is 9.59 Å². The molecule has 3 rings (SSSR count). The van der Waals surface area contributed by atoms with Crippen molar-refractivity contribution in [2.24, 2.45) is 5.73 Å². The predicted octanol–water partition coefficient (Wildman–Crippen LogP) is 2.36. The zero-order valence-electron chi connectivity index (χ0n) is 15.0. The highest BCUT2D eigenvalue weighted by Crippen LogP contribution is 2.20. The molecule has 1 aromatic heterocycles. The second kappa shape index (κ2) is 8.13. The van der Waals surface area contributed by atoms with Gasteiger partial charge in [-0.1, -0.05) is 18.2 Å². The maximum absolute atomic E-state index is 12.2. The Kier molecular flexibility index (Phi) is 5.45. The summed E-state index contributed by atoms with van der Waals surface area (Å²) in [5.41, 5.74) is 14.2. The largest absolute Gasteiger partial charge is 0.398 e. The molecule has 140 valence electrons. The number of anilines is 2. The number of pyridine rings is 1. The molecule has 28 heavy (non-hydrogen) atoms. The first-order chi connectivity index (χ1) is 13.4. The van der Waals surface area contributed by atoms with Gasteiger partial charge in [0.25, 0.3) is 0 Å². The fraction of sp³-hybridized carbons (Fsp3) is 0.0476. The van der Waals surface area contributed by atoms with Crippen LogP contribution in [-0.2, 0) is 11.2 Å². The van der Waals surface area contributed by atoms with E-state index in [2.05, 4.69) is 10.3 Å². The van der Waals surface area contributed by atoms with Crippen LogP contribution in [0.4, 0.5) is 11.4 Å². The number of hydrogen-bond donors (Lipinski definition) is 4. The zero-order chi connectivity index (χ0) is 20.1. The molecule has 0 radical (unpaired) electrons. The summed E-state index contributed by atoms with van der Waals surface area (Å²) in [6.45, 7) is 0. The Morgan fingerprint density at radius 1 is 1.00 bits per heavy atom. The molecule has 3 aromatic rings. The number of rotatable bonds is 6. The number of nitrogen functional groups attached to an aromatic ring is 1. The number of aromatic nitrogens is 1. The summed E-state index contributed by atoms with van der Waals surface area (Å²) in [6.07, 6.45) is 1.78. The first-order valence-corrected chi connectivity index (χ1v) is 8.52. The molecule has 7 nitrogen and oxygen atoms in total. The van der Waals surface area contributed by atoms with Crippen molar-refractivity contribution in [1.29, 1.82) is 5.41 Å². The van der Waals surface area contributed by atoms with E-state index in [0.29, 0.717) is 28.2 Å². The summed E-state index contributed by atoms with van der Waals surface area (Å²) < 4.78 is 0. The van der Waals surface area contributed by atoms with Crippen molar-refractivity contribution >= 4 is 28.9 Å². The van der Waals surface area contributed by atoms with Gasteiger partial charge in [-0.25, -0.2) is 0 Å². The second-order valence-electron chi connectivity index (χ2n) is 6.17. The summed E-state index contributed by atoms with van der Waals surface area (Å²) >= 11 is 0. The van der Waals surface area contributed by atoms with Gasteiger partial charge in [-0.05, 0) is 42.5 Å². The Bertz CT molecular complexity index is 1050. The molecule has 0 saturated heterocycles. The highest BCUT2D eigenvalue weighted by Gasteiger charge is 2.13. The fourth-order valence-electron chi connectivity index (χ4n) is 2.71. The molecule has 1 heterocycles. The van der Waals surface area contributed by atoms with E-state index < -0.39 is 5.91 Å². The Hall–Kier alpha value is -4.00. The first kappa shape index (κ1) is 18.8. The third-order valence-corrected chi connectivity index (χ3v) is 4.11. The lowest BCUT2D eigenvalue weighted by Gasteiger charge is -2.11. The average molecular weight is 373 g/mol. The van der Waals surface area contributed by atoms with Crippen molar-refractivity contribution in [2.45, 2.75) is 6.42 Å². The molecule has 0 saturated carbocycles. The second-order valence-corrected chi connectivity index (χ2v) is 6.17. The standard InChI is InChI=1S/C21H19N5O2/c22-18-8-7-14(21(24)28)11-17(18)20(23)13-4-3-6-16(10-13)26-19(27)12-15-5-1-2-9-25-15/h1-11,23H,12,22H2,(H2,24,28)(H,26,27). The highest BCUT2D eigenvalue weighted by atomic mass is 16.1. The fourth-order valence-corrected chi connectivity index (χ4v) is 2.71. The monoisotopic (exact) mass is 373 g/mol. The Morgan fingerprint density at radius 3 is 2.54 bits per heavy atom. The number of carbonyl (C=O) groups excluding carboxylic acids is 2. The minimum atomic E-state index is -0.593. The van der Waals surface area contributed by atoms with Crippen LogP contribution in [0.25, 0.3) is 0 Å². The van der Waals surface area contributed by atoms with Crippen molar-refractivity contribution in [3.63, 3.8) is 0 Å². The van der Waals surface area contributed by atoms with Crippen LogP contribution < -0.4 is 16.8 Å². The van der Waals surface area contributed by atoms with E-state index in [1.807, 2.05) is 6.07 Å². The number of hydrogen-bond acceptors (Lipinski definition) is 5. The lowest BCUT2D eigenvalue weighted by molar-refractivity contribution is -0.115. The van der Waals surface area contributed by atoms with Crippen LogP contribution >= 0.6 is 0 Å². The summed E-state index contributed by atoms with van der Waals surface area (Å²) in [7, 11) is 0. The lowest BCUT2D eigenvalue weighted by Crippen LogP contribution is -2.16. The number of benzene rings is 2. The molecule has 0 aliphatic heterocycles. The number of amides is 2. The minimum Gasteiger partial charge on any atom is -0.398 e. The molecule has 7 heteroatoms. The molecule has 0 unspecified atom stereocenters. The van der Waals surface area contributed by atoms with Gasteiger partial charge in [-0.15, -0.1) is 0 Å². The van der Waals surface area contributed by atoms with Gasteiger partial charge in [0.05, 0.1) is 12.1 Å². The van der Waals surface area contributed by atoms with E-state index in [-0.39, 0.29) is 23.6 Å². The van der Waals surface area contributed by atoms with Gasteiger partial charge in [0, 0.05) is 40.0 Å². The van der Waals surface area contributed by atoms with Gasteiger partial charge in [0.1, 0.15) is 0 Å². The quantitative estimate of drug-likeness (QED) is 0.389. The van der Waals surface area contributed by atoms with Gasteiger partial charge in [0.15, 0.2) is 0 Å². The molecule has 0 spiro atoms. The van der Waals surface area contributed by atoms with Crippen LogP contribution in [0.2, 0.25) is 0 Å². The van der Waals surface area contributed by atoms with Crippen molar-refractivity contribution in [3.8, 4) is 0 Å². The lowest BCUT2D eigenvalue weighted by atomic mass is 9.98. The Morgan fingerprint density at radius 2 is 1.82 bits per heavy atom. The average Bonchev–Trinajstić information content (AvgIpc) is 2.68. The molecule has 0 fully saturated rings. The molecule has 0 bridgehead atoms. The van der Waals surface area contributed by atoms with Crippen molar-refractivity contribution in [1.82, 2.24) is 4.98 Å². The summed E-state index contributed by atoms with van der Waals surface area (Å²) in [5, 5.41) is 11.3. The third kappa shape index (κ3) is 4.39. The smallest absolute Gasteiger partial charge is 0.248 e. The molecule has 0 aliphatic carbocycles. The van der Waals surface area contributed by atoms with Gasteiger partial charge in [-0.2, -0.15) is 0 Å². The van der Waals surface area contributed by atoms with E-state index >= 15 is 0 Å². The maximum Gasteiger partial charge on any atom is 0.248 e. The van der Waals surface area contributed by atoms with E-state index in [1.54, 1.807) is 48.7 Å². The van der Waals surface area contributed by atoms with Crippen LogP contribution in [0.1, 0.15) is 27.2 Å². The molecule has 0 aliphatic rings. The topological polar surface area (TPSA) is 135 Å².